The van der Waals surface area contributed by atoms with E-state index < -0.39 is 17.9 Å². The van der Waals surface area contributed by atoms with E-state index in [9.17, 15) is 14.4 Å². The van der Waals surface area contributed by atoms with Gasteiger partial charge in [-0.2, -0.15) is 11.3 Å². The van der Waals surface area contributed by atoms with Gasteiger partial charge in [-0.3, -0.25) is 14.4 Å². The lowest BCUT2D eigenvalue weighted by atomic mass is 10.0. The van der Waals surface area contributed by atoms with Crippen LogP contribution in [0.15, 0.2) is 16.8 Å². The average molecular weight is 312 g/mol. The molecule has 2 unspecified atom stereocenters. The molecule has 2 amide bonds. The molecule has 0 aromatic carbocycles. The summed E-state index contributed by atoms with van der Waals surface area (Å²) in [7, 11) is 0. The van der Waals surface area contributed by atoms with Crippen LogP contribution >= 0.6 is 11.3 Å². The minimum atomic E-state index is -0.939. The molecule has 21 heavy (non-hydrogen) atoms. The van der Waals surface area contributed by atoms with Crippen molar-refractivity contribution in [3.05, 3.63) is 22.4 Å². The number of carbonyl (C=O) groups is 3. The normalized spacial score (nSPS) is 13.2. The van der Waals surface area contributed by atoms with Crippen molar-refractivity contribution in [3.8, 4) is 0 Å². The van der Waals surface area contributed by atoms with E-state index in [0.29, 0.717) is 18.5 Å². The van der Waals surface area contributed by atoms with Gasteiger partial charge in [-0.25, -0.2) is 0 Å². The highest BCUT2D eigenvalue weighted by atomic mass is 32.1. The van der Waals surface area contributed by atoms with Gasteiger partial charge in [0.25, 0.3) is 5.91 Å². The second-order valence-corrected chi connectivity index (χ2v) is 5.63. The lowest BCUT2D eigenvalue weighted by Crippen LogP contribution is -2.40. The number of hydrogen-bond donors (Lipinski definition) is 3. The molecule has 0 aliphatic carbocycles. The largest absolute Gasteiger partial charge is 0.481 e. The predicted octanol–water partition coefficient (Wildman–Crippen LogP) is 1.48. The summed E-state index contributed by atoms with van der Waals surface area (Å²) >= 11 is 1.45. The first-order valence-corrected chi connectivity index (χ1v) is 7.68. The van der Waals surface area contributed by atoms with E-state index in [4.69, 9.17) is 5.11 Å². The van der Waals surface area contributed by atoms with Crippen molar-refractivity contribution < 1.29 is 19.5 Å². The fourth-order valence-corrected chi connectivity index (χ4v) is 2.25. The van der Waals surface area contributed by atoms with Crippen molar-refractivity contribution in [2.24, 2.45) is 5.92 Å². The van der Waals surface area contributed by atoms with E-state index in [1.807, 2.05) is 5.38 Å². The molecular weight excluding hydrogens is 292 g/mol. The molecule has 0 fully saturated rings. The van der Waals surface area contributed by atoms with Gasteiger partial charge in [0.1, 0.15) is 0 Å². The number of carboxylic acid groups (broad SMARTS) is 1. The predicted molar refractivity (Wildman–Crippen MR) is 80.3 cm³/mol. The number of carbonyl (C=O) groups excluding carboxylic acids is 2. The fourth-order valence-electron chi connectivity index (χ4n) is 1.61. The lowest BCUT2D eigenvalue weighted by molar-refractivity contribution is -0.142. The van der Waals surface area contributed by atoms with E-state index in [1.54, 1.807) is 25.3 Å². The first-order chi connectivity index (χ1) is 9.91. The van der Waals surface area contributed by atoms with Crippen molar-refractivity contribution in [2.45, 2.75) is 32.7 Å². The maximum Gasteiger partial charge on any atom is 0.308 e. The van der Waals surface area contributed by atoms with E-state index >= 15 is 0 Å². The van der Waals surface area contributed by atoms with Gasteiger partial charge in [0.15, 0.2) is 0 Å². The van der Waals surface area contributed by atoms with Crippen molar-refractivity contribution in [1.29, 1.82) is 0 Å². The summed E-state index contributed by atoms with van der Waals surface area (Å²) in [6.45, 7) is 3.62. The third kappa shape index (κ3) is 5.95. The molecule has 116 valence electrons. The molecule has 1 heterocycles. The van der Waals surface area contributed by atoms with Crippen LogP contribution in [0.3, 0.4) is 0 Å². The van der Waals surface area contributed by atoms with Crippen LogP contribution in [0.2, 0.25) is 0 Å². The van der Waals surface area contributed by atoms with Crippen LogP contribution in [-0.2, 0) is 9.59 Å². The van der Waals surface area contributed by atoms with Crippen LogP contribution in [0.1, 0.15) is 37.0 Å². The van der Waals surface area contributed by atoms with Crippen LogP contribution < -0.4 is 10.6 Å². The van der Waals surface area contributed by atoms with Crippen LogP contribution in [0.5, 0.6) is 0 Å². The molecular formula is C14H20N2O4S. The number of hydrogen-bond acceptors (Lipinski definition) is 4. The Hall–Kier alpha value is -1.89. The maximum absolute atomic E-state index is 11.6. The minimum absolute atomic E-state index is 0.149. The molecule has 1 rings (SSSR count). The van der Waals surface area contributed by atoms with E-state index in [0.717, 1.165) is 0 Å². The molecule has 0 radical (unpaired) electrons. The smallest absolute Gasteiger partial charge is 0.308 e. The molecule has 1 aromatic heterocycles. The topological polar surface area (TPSA) is 95.5 Å². The molecule has 0 aliphatic rings. The second kappa shape index (κ2) is 8.41. The monoisotopic (exact) mass is 312 g/mol. The van der Waals surface area contributed by atoms with Crippen molar-refractivity contribution in [1.82, 2.24) is 10.6 Å². The molecule has 0 saturated carbocycles. The summed E-state index contributed by atoms with van der Waals surface area (Å²) in [4.78, 5) is 34.0. The Labute approximate surface area is 127 Å². The standard InChI is InChI=1S/C14H20N2O4S/c1-9(14(19)20)10(2)16-12(17)4-3-6-15-13(18)11-5-7-21-8-11/h5,7-10H,3-4,6H2,1-2H3,(H,15,18)(H,16,17)(H,19,20). The van der Waals surface area contributed by atoms with Crippen LogP contribution in [0.4, 0.5) is 0 Å². The van der Waals surface area contributed by atoms with Gasteiger partial charge in [-0.05, 0) is 31.7 Å². The van der Waals surface area contributed by atoms with E-state index in [2.05, 4.69) is 10.6 Å². The number of nitrogens with one attached hydrogen (secondary N) is 2. The Morgan fingerprint density at radius 1 is 1.33 bits per heavy atom. The van der Waals surface area contributed by atoms with Crippen molar-refractivity contribution in [2.75, 3.05) is 6.54 Å². The zero-order chi connectivity index (χ0) is 15.8. The number of thiophene rings is 1. The van der Waals surface area contributed by atoms with Crippen LogP contribution in [-0.4, -0.2) is 35.5 Å². The molecule has 1 aromatic rings. The first kappa shape index (κ1) is 17.2. The summed E-state index contributed by atoms with van der Waals surface area (Å²) in [5, 5.41) is 17.8. The summed E-state index contributed by atoms with van der Waals surface area (Å²) in [6.07, 6.45) is 0.760. The van der Waals surface area contributed by atoms with Gasteiger partial charge in [-0.1, -0.05) is 0 Å². The molecule has 0 bridgehead atoms. The van der Waals surface area contributed by atoms with Gasteiger partial charge in [0.2, 0.25) is 5.91 Å². The Morgan fingerprint density at radius 2 is 2.05 bits per heavy atom. The number of amides is 2. The second-order valence-electron chi connectivity index (χ2n) is 4.85. The van der Waals surface area contributed by atoms with Gasteiger partial charge >= 0.3 is 5.97 Å². The number of rotatable bonds is 8. The number of aliphatic carboxylic acids is 1. The Kier molecular flexibility index (Phi) is 6.87. The molecule has 0 aliphatic heterocycles. The first-order valence-electron chi connectivity index (χ1n) is 6.74. The quantitative estimate of drug-likeness (QED) is 0.634. The zero-order valence-electron chi connectivity index (χ0n) is 12.1. The van der Waals surface area contributed by atoms with Crippen LogP contribution in [0.25, 0.3) is 0 Å². The van der Waals surface area contributed by atoms with Gasteiger partial charge in [-0.15, -0.1) is 0 Å². The minimum Gasteiger partial charge on any atom is -0.481 e. The van der Waals surface area contributed by atoms with Gasteiger partial charge in [0.05, 0.1) is 5.92 Å². The fraction of sp³-hybridized carbons (Fsp3) is 0.500. The third-order valence-corrected chi connectivity index (χ3v) is 3.86. The van der Waals surface area contributed by atoms with E-state index in [-0.39, 0.29) is 18.2 Å². The Bertz CT molecular complexity index is 487. The van der Waals surface area contributed by atoms with Crippen LogP contribution in [0, 0.1) is 5.92 Å². The number of carboxylic acids is 1. The highest BCUT2D eigenvalue weighted by molar-refractivity contribution is 7.08. The summed E-state index contributed by atoms with van der Waals surface area (Å²) in [5.74, 6) is -1.93. The molecule has 3 N–H and O–H groups in total. The average Bonchev–Trinajstić information content (AvgIpc) is 2.96. The molecule has 0 spiro atoms. The molecule has 7 heteroatoms. The molecule has 2 atom stereocenters. The summed E-state index contributed by atoms with van der Waals surface area (Å²) < 4.78 is 0. The van der Waals surface area contributed by atoms with Crippen molar-refractivity contribution in [3.63, 3.8) is 0 Å². The highest BCUT2D eigenvalue weighted by Crippen LogP contribution is 2.05. The van der Waals surface area contributed by atoms with Gasteiger partial charge in [0, 0.05) is 30.0 Å². The highest BCUT2D eigenvalue weighted by Gasteiger charge is 2.20. The maximum atomic E-state index is 11.6. The Balaban J connectivity index is 2.19. The van der Waals surface area contributed by atoms with Crippen molar-refractivity contribution >= 4 is 29.1 Å². The molecule has 6 nitrogen and oxygen atoms in total. The van der Waals surface area contributed by atoms with Gasteiger partial charge < -0.3 is 15.7 Å². The summed E-state index contributed by atoms with van der Waals surface area (Å²) in [6, 6.07) is 1.32. The third-order valence-electron chi connectivity index (χ3n) is 3.18. The lowest BCUT2D eigenvalue weighted by Gasteiger charge is -2.17. The molecule has 0 saturated heterocycles. The van der Waals surface area contributed by atoms with E-state index in [1.165, 1.54) is 11.3 Å². The SMILES string of the molecule is CC(NC(=O)CCCNC(=O)c1ccsc1)C(C)C(=O)O. The summed E-state index contributed by atoms with van der Waals surface area (Å²) in [5.41, 5.74) is 0.619. The Morgan fingerprint density at radius 3 is 2.62 bits per heavy atom. The zero-order valence-corrected chi connectivity index (χ0v) is 12.9.